The van der Waals surface area contributed by atoms with Crippen LogP contribution in [0.15, 0.2) is 42.5 Å². The van der Waals surface area contributed by atoms with Gasteiger partial charge in [-0.05, 0) is 29.8 Å². The summed E-state index contributed by atoms with van der Waals surface area (Å²) in [5.41, 5.74) is 6.01. The van der Waals surface area contributed by atoms with Gasteiger partial charge in [0.25, 0.3) is 0 Å². The number of carbonyl (C=O) groups is 1. The molecule has 98 valence electrons. The van der Waals surface area contributed by atoms with Crippen LogP contribution in [0.5, 0.6) is 0 Å². The summed E-state index contributed by atoms with van der Waals surface area (Å²) in [4.78, 5) is 11.7. The zero-order valence-electron chi connectivity index (χ0n) is 9.99. The normalized spacial score (nSPS) is 10.2. The van der Waals surface area contributed by atoms with Gasteiger partial charge >= 0.3 is 0 Å². The van der Waals surface area contributed by atoms with Crippen molar-refractivity contribution >= 4 is 17.3 Å². The first kappa shape index (κ1) is 13.0. The molecule has 0 aliphatic heterocycles. The van der Waals surface area contributed by atoms with Gasteiger partial charge in [-0.2, -0.15) is 0 Å². The number of benzene rings is 2. The van der Waals surface area contributed by atoms with E-state index in [4.69, 9.17) is 5.73 Å². The first-order valence-corrected chi connectivity index (χ1v) is 5.64. The van der Waals surface area contributed by atoms with Crippen molar-refractivity contribution in [3.05, 3.63) is 59.7 Å². The molecule has 0 aromatic heterocycles. The molecule has 19 heavy (non-hydrogen) atoms. The largest absolute Gasteiger partial charge is 0.396 e. The summed E-state index contributed by atoms with van der Waals surface area (Å²) < 4.78 is 26.3. The second-order valence-electron chi connectivity index (χ2n) is 4.05. The van der Waals surface area contributed by atoms with Crippen LogP contribution in [0, 0.1) is 11.6 Å². The molecule has 2 rings (SSSR count). The fraction of sp³-hybridized carbons (Fsp3) is 0.0714. The van der Waals surface area contributed by atoms with Crippen molar-refractivity contribution in [1.82, 2.24) is 0 Å². The number of nitrogens with one attached hydrogen (secondary N) is 1. The Balaban J connectivity index is 2.05. The topological polar surface area (TPSA) is 55.1 Å². The van der Waals surface area contributed by atoms with Crippen LogP contribution in [0.1, 0.15) is 5.56 Å². The number of hydrogen-bond donors (Lipinski definition) is 2. The van der Waals surface area contributed by atoms with Crippen molar-refractivity contribution < 1.29 is 13.6 Å². The van der Waals surface area contributed by atoms with Crippen molar-refractivity contribution in [2.75, 3.05) is 11.1 Å². The van der Waals surface area contributed by atoms with Crippen molar-refractivity contribution in [2.45, 2.75) is 6.42 Å². The van der Waals surface area contributed by atoms with Crippen LogP contribution in [-0.2, 0) is 11.2 Å². The molecular weight excluding hydrogens is 250 g/mol. The maximum Gasteiger partial charge on any atom is 0.228 e. The second-order valence-corrected chi connectivity index (χ2v) is 4.05. The van der Waals surface area contributed by atoms with Crippen LogP contribution in [0.4, 0.5) is 20.2 Å². The van der Waals surface area contributed by atoms with Gasteiger partial charge in [-0.15, -0.1) is 0 Å². The molecular formula is C14H12F2N2O. The lowest BCUT2D eigenvalue weighted by Gasteiger charge is -2.07. The molecule has 0 saturated carbocycles. The SMILES string of the molecule is Nc1cc(NC(=O)Cc2ccccc2F)ccc1F. The highest BCUT2D eigenvalue weighted by Gasteiger charge is 2.08. The molecule has 0 aliphatic rings. The summed E-state index contributed by atoms with van der Waals surface area (Å²) in [5, 5.41) is 2.53. The Morgan fingerprint density at radius 3 is 2.53 bits per heavy atom. The molecule has 2 aromatic rings. The Morgan fingerprint density at radius 2 is 1.84 bits per heavy atom. The van der Waals surface area contributed by atoms with Gasteiger partial charge in [-0.3, -0.25) is 4.79 Å². The number of halogens is 2. The van der Waals surface area contributed by atoms with Gasteiger partial charge in [0, 0.05) is 5.69 Å². The quantitative estimate of drug-likeness (QED) is 0.836. The maximum absolute atomic E-state index is 13.4. The van der Waals surface area contributed by atoms with E-state index >= 15 is 0 Å². The van der Waals surface area contributed by atoms with Crippen LogP contribution in [0.3, 0.4) is 0 Å². The highest BCUT2D eigenvalue weighted by Crippen LogP contribution is 2.17. The van der Waals surface area contributed by atoms with Crippen LogP contribution < -0.4 is 11.1 Å². The van der Waals surface area contributed by atoms with E-state index in [-0.39, 0.29) is 12.1 Å². The molecule has 0 radical (unpaired) electrons. The summed E-state index contributed by atoms with van der Waals surface area (Å²) in [6.45, 7) is 0. The van der Waals surface area contributed by atoms with Gasteiger partial charge in [0.2, 0.25) is 5.91 Å². The highest BCUT2D eigenvalue weighted by molar-refractivity contribution is 5.92. The number of nitrogens with two attached hydrogens (primary N) is 1. The van der Waals surface area contributed by atoms with Crippen LogP contribution >= 0.6 is 0 Å². The standard InChI is InChI=1S/C14H12F2N2O/c15-11-4-2-1-3-9(11)7-14(19)18-10-5-6-12(16)13(17)8-10/h1-6,8H,7,17H2,(H,18,19). The van der Waals surface area contributed by atoms with Gasteiger partial charge in [0.05, 0.1) is 12.1 Å². The molecule has 0 bridgehead atoms. The molecule has 0 heterocycles. The van der Waals surface area contributed by atoms with E-state index in [1.165, 1.54) is 24.3 Å². The Kier molecular flexibility index (Phi) is 3.75. The van der Waals surface area contributed by atoms with Gasteiger partial charge in [0.1, 0.15) is 11.6 Å². The summed E-state index contributed by atoms with van der Waals surface area (Å²) in [5.74, 6) is -1.38. The summed E-state index contributed by atoms with van der Waals surface area (Å²) in [6.07, 6.45) is -0.0933. The predicted molar refractivity (Wildman–Crippen MR) is 69.5 cm³/mol. The number of amides is 1. The Labute approximate surface area is 109 Å². The second kappa shape index (κ2) is 5.48. The minimum Gasteiger partial charge on any atom is -0.396 e. The maximum atomic E-state index is 13.4. The number of nitrogen functional groups attached to an aromatic ring is 1. The Morgan fingerprint density at radius 1 is 1.11 bits per heavy atom. The number of rotatable bonds is 3. The molecule has 0 aliphatic carbocycles. The third-order valence-corrected chi connectivity index (χ3v) is 2.59. The Hall–Kier alpha value is -2.43. The molecule has 0 fully saturated rings. The highest BCUT2D eigenvalue weighted by atomic mass is 19.1. The summed E-state index contributed by atoms with van der Waals surface area (Å²) >= 11 is 0. The van der Waals surface area contributed by atoms with E-state index in [1.807, 2.05) is 0 Å². The van der Waals surface area contributed by atoms with Crippen LogP contribution in [-0.4, -0.2) is 5.91 Å². The number of hydrogen-bond acceptors (Lipinski definition) is 2. The molecule has 0 spiro atoms. The van der Waals surface area contributed by atoms with Gasteiger partial charge in [-0.1, -0.05) is 18.2 Å². The van der Waals surface area contributed by atoms with Crippen LogP contribution in [0.25, 0.3) is 0 Å². The third-order valence-electron chi connectivity index (χ3n) is 2.59. The van der Waals surface area contributed by atoms with Crippen LogP contribution in [0.2, 0.25) is 0 Å². The van der Waals surface area contributed by atoms with Crippen molar-refractivity contribution in [2.24, 2.45) is 0 Å². The summed E-state index contributed by atoms with van der Waals surface area (Å²) in [6, 6.07) is 9.90. The van der Waals surface area contributed by atoms with Crippen molar-refractivity contribution in [3.8, 4) is 0 Å². The minimum atomic E-state index is -0.549. The Bertz CT molecular complexity index is 614. The van der Waals surface area contributed by atoms with Gasteiger partial charge in [-0.25, -0.2) is 8.78 Å². The average Bonchev–Trinajstić information content (AvgIpc) is 2.37. The lowest BCUT2D eigenvalue weighted by Crippen LogP contribution is -2.15. The minimum absolute atomic E-state index is 0.0521. The zero-order valence-corrected chi connectivity index (χ0v) is 9.99. The van der Waals surface area contributed by atoms with E-state index in [9.17, 15) is 13.6 Å². The van der Waals surface area contributed by atoms with E-state index in [1.54, 1.807) is 12.1 Å². The monoisotopic (exact) mass is 262 g/mol. The van der Waals surface area contributed by atoms with E-state index < -0.39 is 17.5 Å². The fourth-order valence-electron chi connectivity index (χ4n) is 1.64. The molecule has 2 aromatic carbocycles. The third kappa shape index (κ3) is 3.28. The number of carbonyl (C=O) groups excluding carboxylic acids is 1. The van der Waals surface area contributed by atoms with Gasteiger partial charge in [0.15, 0.2) is 0 Å². The molecule has 1 amide bonds. The van der Waals surface area contributed by atoms with E-state index in [2.05, 4.69) is 5.32 Å². The lowest BCUT2D eigenvalue weighted by molar-refractivity contribution is -0.115. The first-order valence-electron chi connectivity index (χ1n) is 5.64. The lowest BCUT2D eigenvalue weighted by atomic mass is 10.1. The fourth-order valence-corrected chi connectivity index (χ4v) is 1.64. The number of anilines is 2. The average molecular weight is 262 g/mol. The van der Waals surface area contributed by atoms with Crippen molar-refractivity contribution in [1.29, 1.82) is 0 Å². The molecule has 0 saturated heterocycles. The molecule has 0 unspecified atom stereocenters. The molecule has 5 heteroatoms. The molecule has 3 N–H and O–H groups in total. The van der Waals surface area contributed by atoms with Crippen molar-refractivity contribution in [3.63, 3.8) is 0 Å². The molecule has 3 nitrogen and oxygen atoms in total. The predicted octanol–water partition coefficient (Wildman–Crippen LogP) is 2.73. The zero-order chi connectivity index (χ0) is 13.8. The van der Waals surface area contributed by atoms with Gasteiger partial charge < -0.3 is 11.1 Å². The smallest absolute Gasteiger partial charge is 0.228 e. The first-order chi connectivity index (χ1) is 9.06. The van der Waals surface area contributed by atoms with E-state index in [0.29, 0.717) is 11.3 Å². The molecule has 0 atom stereocenters. The van der Waals surface area contributed by atoms with E-state index in [0.717, 1.165) is 6.07 Å². The summed E-state index contributed by atoms with van der Waals surface area (Å²) in [7, 11) is 0.